The summed E-state index contributed by atoms with van der Waals surface area (Å²) in [5, 5.41) is 10.7. The van der Waals surface area contributed by atoms with E-state index < -0.39 is 16.1 Å². The van der Waals surface area contributed by atoms with E-state index in [0.29, 0.717) is 30.4 Å². The van der Waals surface area contributed by atoms with E-state index in [0.717, 1.165) is 18.4 Å². The molecule has 0 aliphatic rings. The van der Waals surface area contributed by atoms with Crippen molar-refractivity contribution >= 4 is 21.7 Å². The van der Waals surface area contributed by atoms with E-state index in [-0.39, 0.29) is 10.9 Å². The Labute approximate surface area is 177 Å². The molecule has 30 heavy (non-hydrogen) atoms. The first-order valence-corrected chi connectivity index (χ1v) is 11.4. The van der Waals surface area contributed by atoms with Crippen LogP contribution in [0.15, 0.2) is 47.4 Å². The fourth-order valence-corrected chi connectivity index (χ4v) is 3.15. The topological polar surface area (TPSA) is 120 Å². The molecule has 0 spiro atoms. The summed E-state index contributed by atoms with van der Waals surface area (Å²) in [7, 11) is -3.75. The Balaban J connectivity index is 2.04. The Hall–Kier alpha value is -2.78. The number of nitrogens with two attached hydrogens (primary N) is 1. The number of anilines is 1. The SMILES string of the molecule is CCCOc1ccc(NC(=O)NC(C)c2ccc(S(N)(=O)=O)cc2)cc1OCCC. The molecule has 0 heterocycles. The molecule has 0 bridgehead atoms. The molecule has 4 N–H and O–H groups in total. The molecule has 2 rings (SSSR count). The minimum atomic E-state index is -3.75. The van der Waals surface area contributed by atoms with Crippen molar-refractivity contribution in [1.82, 2.24) is 5.32 Å². The van der Waals surface area contributed by atoms with Crippen molar-refractivity contribution in [3.05, 3.63) is 48.0 Å². The first-order chi connectivity index (χ1) is 14.2. The summed E-state index contributed by atoms with van der Waals surface area (Å²) >= 11 is 0. The number of hydrogen-bond donors (Lipinski definition) is 3. The fraction of sp³-hybridized carbons (Fsp3) is 0.381. The van der Waals surface area contributed by atoms with Crippen molar-refractivity contribution in [2.45, 2.75) is 44.6 Å². The zero-order valence-corrected chi connectivity index (χ0v) is 18.3. The molecule has 0 radical (unpaired) electrons. The van der Waals surface area contributed by atoms with Crippen LogP contribution in [0.25, 0.3) is 0 Å². The molecule has 164 valence electrons. The zero-order valence-electron chi connectivity index (χ0n) is 17.5. The van der Waals surface area contributed by atoms with Crippen LogP contribution >= 0.6 is 0 Å². The van der Waals surface area contributed by atoms with Crippen LogP contribution in [0.5, 0.6) is 11.5 Å². The van der Waals surface area contributed by atoms with E-state index in [9.17, 15) is 13.2 Å². The second kappa shape index (κ2) is 10.8. The average molecular weight is 436 g/mol. The van der Waals surface area contributed by atoms with Crippen molar-refractivity contribution in [1.29, 1.82) is 0 Å². The number of amides is 2. The number of primary sulfonamides is 1. The maximum atomic E-state index is 12.4. The largest absolute Gasteiger partial charge is 0.490 e. The quantitative estimate of drug-likeness (QED) is 0.524. The molecule has 1 atom stereocenters. The summed E-state index contributed by atoms with van der Waals surface area (Å²) in [4.78, 5) is 12.4. The molecule has 0 saturated heterocycles. The molecule has 1 unspecified atom stereocenters. The second-order valence-electron chi connectivity index (χ2n) is 6.79. The van der Waals surface area contributed by atoms with Gasteiger partial charge in [-0.15, -0.1) is 0 Å². The van der Waals surface area contributed by atoms with E-state index in [2.05, 4.69) is 10.6 Å². The van der Waals surface area contributed by atoms with Crippen LogP contribution in [0.1, 0.15) is 45.2 Å². The minimum absolute atomic E-state index is 0.0212. The summed E-state index contributed by atoms with van der Waals surface area (Å²) < 4.78 is 34.1. The van der Waals surface area contributed by atoms with Crippen molar-refractivity contribution in [3.63, 3.8) is 0 Å². The van der Waals surface area contributed by atoms with Crippen molar-refractivity contribution < 1.29 is 22.7 Å². The van der Waals surface area contributed by atoms with Gasteiger partial charge in [0.2, 0.25) is 10.0 Å². The Morgan fingerprint density at radius 2 is 1.60 bits per heavy atom. The highest BCUT2D eigenvalue weighted by atomic mass is 32.2. The molecule has 0 aliphatic heterocycles. The van der Waals surface area contributed by atoms with E-state index in [1.807, 2.05) is 13.8 Å². The lowest BCUT2D eigenvalue weighted by molar-refractivity contribution is 0.249. The van der Waals surface area contributed by atoms with Crippen LogP contribution in [-0.2, 0) is 10.0 Å². The number of rotatable bonds is 10. The van der Waals surface area contributed by atoms with Gasteiger partial charge in [-0.2, -0.15) is 0 Å². The highest BCUT2D eigenvalue weighted by molar-refractivity contribution is 7.89. The first kappa shape index (κ1) is 23.5. The number of sulfonamides is 1. The van der Waals surface area contributed by atoms with Crippen LogP contribution in [0.4, 0.5) is 10.5 Å². The number of carbonyl (C=O) groups excluding carboxylic acids is 1. The van der Waals surface area contributed by atoms with Crippen LogP contribution in [0.2, 0.25) is 0 Å². The summed E-state index contributed by atoms with van der Waals surface area (Å²) in [6, 6.07) is 10.5. The number of carbonyl (C=O) groups is 1. The van der Waals surface area contributed by atoms with Gasteiger partial charge >= 0.3 is 6.03 Å². The lowest BCUT2D eigenvalue weighted by Gasteiger charge is -2.17. The Morgan fingerprint density at radius 1 is 1.00 bits per heavy atom. The molecule has 0 aromatic heterocycles. The number of hydrogen-bond acceptors (Lipinski definition) is 5. The molecular weight excluding hydrogens is 406 g/mol. The molecule has 0 fully saturated rings. The average Bonchev–Trinajstić information content (AvgIpc) is 2.70. The lowest BCUT2D eigenvalue weighted by atomic mass is 10.1. The van der Waals surface area contributed by atoms with Gasteiger partial charge in [-0.05, 0) is 49.6 Å². The Morgan fingerprint density at radius 3 is 2.17 bits per heavy atom. The summed E-state index contributed by atoms with van der Waals surface area (Å²) in [6.45, 7) is 6.96. The minimum Gasteiger partial charge on any atom is -0.490 e. The fourth-order valence-electron chi connectivity index (χ4n) is 2.64. The molecule has 8 nitrogen and oxygen atoms in total. The predicted octanol–water partition coefficient (Wildman–Crippen LogP) is 3.79. The number of ether oxygens (including phenoxy) is 2. The third-order valence-corrected chi connectivity index (χ3v) is 5.11. The normalized spacial score (nSPS) is 12.1. The van der Waals surface area contributed by atoms with Crippen LogP contribution in [0, 0.1) is 0 Å². The molecule has 2 aromatic rings. The first-order valence-electron chi connectivity index (χ1n) is 9.84. The van der Waals surface area contributed by atoms with Crippen LogP contribution < -0.4 is 25.2 Å². The van der Waals surface area contributed by atoms with Gasteiger partial charge in [0.05, 0.1) is 24.2 Å². The van der Waals surface area contributed by atoms with Gasteiger partial charge in [0.15, 0.2) is 11.5 Å². The van der Waals surface area contributed by atoms with Gasteiger partial charge in [0, 0.05) is 11.8 Å². The van der Waals surface area contributed by atoms with Crippen molar-refractivity contribution in [2.24, 2.45) is 5.14 Å². The standard InChI is InChI=1S/C21H29N3O5S/c1-4-12-28-19-11-8-17(14-20(19)29-13-5-2)24-21(25)23-15(3)16-6-9-18(10-7-16)30(22,26)27/h6-11,14-15H,4-5,12-13H2,1-3H3,(H2,22,26,27)(H2,23,24,25). The second-order valence-corrected chi connectivity index (χ2v) is 8.35. The van der Waals surface area contributed by atoms with Crippen LogP contribution in [-0.4, -0.2) is 27.7 Å². The maximum absolute atomic E-state index is 12.4. The Kier molecular flexibility index (Phi) is 8.49. The highest BCUT2D eigenvalue weighted by Crippen LogP contribution is 2.31. The number of nitrogens with one attached hydrogen (secondary N) is 2. The lowest BCUT2D eigenvalue weighted by Crippen LogP contribution is -2.31. The number of urea groups is 1. The van der Waals surface area contributed by atoms with Gasteiger partial charge in [-0.25, -0.2) is 18.4 Å². The van der Waals surface area contributed by atoms with E-state index >= 15 is 0 Å². The monoisotopic (exact) mass is 435 g/mol. The molecule has 2 aromatic carbocycles. The maximum Gasteiger partial charge on any atom is 0.319 e. The third kappa shape index (κ3) is 6.93. The molecule has 0 saturated carbocycles. The summed E-state index contributed by atoms with van der Waals surface area (Å²) in [5.41, 5.74) is 1.31. The summed E-state index contributed by atoms with van der Waals surface area (Å²) in [6.07, 6.45) is 1.73. The zero-order chi connectivity index (χ0) is 22.1. The van der Waals surface area contributed by atoms with Crippen molar-refractivity contribution in [2.75, 3.05) is 18.5 Å². The highest BCUT2D eigenvalue weighted by Gasteiger charge is 2.13. The van der Waals surface area contributed by atoms with Gasteiger partial charge in [-0.3, -0.25) is 0 Å². The van der Waals surface area contributed by atoms with Gasteiger partial charge in [0.25, 0.3) is 0 Å². The molecule has 0 aliphatic carbocycles. The molecular formula is C21H29N3O5S. The van der Waals surface area contributed by atoms with Gasteiger partial charge < -0.3 is 20.1 Å². The van der Waals surface area contributed by atoms with Gasteiger partial charge in [0.1, 0.15) is 0 Å². The number of benzene rings is 2. The van der Waals surface area contributed by atoms with E-state index in [4.69, 9.17) is 14.6 Å². The Bertz CT molecular complexity index is 946. The van der Waals surface area contributed by atoms with Crippen molar-refractivity contribution in [3.8, 4) is 11.5 Å². The summed E-state index contributed by atoms with van der Waals surface area (Å²) in [5.74, 6) is 1.22. The smallest absolute Gasteiger partial charge is 0.319 e. The predicted molar refractivity (Wildman–Crippen MR) is 116 cm³/mol. The van der Waals surface area contributed by atoms with E-state index in [1.54, 1.807) is 37.3 Å². The van der Waals surface area contributed by atoms with Gasteiger partial charge in [-0.1, -0.05) is 26.0 Å². The van der Waals surface area contributed by atoms with Crippen LogP contribution in [0.3, 0.4) is 0 Å². The third-order valence-electron chi connectivity index (χ3n) is 4.18. The van der Waals surface area contributed by atoms with E-state index in [1.165, 1.54) is 12.1 Å². The molecule has 2 amide bonds. The molecule has 9 heteroatoms.